The number of hydrogen-bond acceptors (Lipinski definition) is 3. The van der Waals surface area contributed by atoms with Crippen LogP contribution in [0.5, 0.6) is 0 Å². The average molecular weight is 381 g/mol. The van der Waals surface area contributed by atoms with Crippen LogP contribution in [0.25, 0.3) is 5.69 Å². The van der Waals surface area contributed by atoms with E-state index in [4.69, 9.17) is 5.10 Å². The van der Waals surface area contributed by atoms with Gasteiger partial charge in [0.15, 0.2) is 0 Å². The molecule has 0 saturated carbocycles. The molecule has 1 amide bonds. The number of nitrogens with one attached hydrogen (secondary N) is 1. The van der Waals surface area contributed by atoms with E-state index in [2.05, 4.69) is 31.3 Å². The summed E-state index contributed by atoms with van der Waals surface area (Å²) < 4.78 is 2.02. The molecule has 1 N–H and O–H groups in total. The number of hydrogen-bond donors (Lipinski definition) is 1. The maximum absolute atomic E-state index is 12.9. The quantitative estimate of drug-likeness (QED) is 0.861. The molecule has 2 aromatic rings. The normalized spacial score (nSPS) is 23.8. The van der Waals surface area contributed by atoms with Crippen molar-refractivity contribution in [3.05, 3.63) is 46.8 Å². The molecule has 5 nitrogen and oxygen atoms in total. The summed E-state index contributed by atoms with van der Waals surface area (Å²) in [7, 11) is 1.93. The highest BCUT2D eigenvalue weighted by molar-refractivity contribution is 5.76. The van der Waals surface area contributed by atoms with Gasteiger partial charge in [-0.05, 0) is 64.0 Å². The Morgan fingerprint density at radius 3 is 2.54 bits per heavy atom. The highest BCUT2D eigenvalue weighted by atomic mass is 16.2. The fourth-order valence-electron chi connectivity index (χ4n) is 5.01. The third-order valence-corrected chi connectivity index (χ3v) is 6.64. The van der Waals surface area contributed by atoms with Crippen molar-refractivity contribution in [3.8, 4) is 5.69 Å². The van der Waals surface area contributed by atoms with E-state index in [9.17, 15) is 4.79 Å². The number of nitrogens with zero attached hydrogens (tertiary/aromatic N) is 3. The molecule has 2 unspecified atom stereocenters. The predicted molar refractivity (Wildman–Crippen MR) is 112 cm³/mol. The molecule has 2 atom stereocenters. The molecule has 4 rings (SSSR count). The molecular formula is C23H32N4O. The summed E-state index contributed by atoms with van der Waals surface area (Å²) in [5.41, 5.74) is 5.58. The van der Waals surface area contributed by atoms with Gasteiger partial charge in [0, 0.05) is 43.4 Å². The molecule has 2 fully saturated rings. The van der Waals surface area contributed by atoms with Crippen molar-refractivity contribution < 1.29 is 4.79 Å². The maximum Gasteiger partial charge on any atom is 0.222 e. The fourth-order valence-corrected chi connectivity index (χ4v) is 5.01. The van der Waals surface area contributed by atoms with Crippen LogP contribution in [-0.2, 0) is 11.3 Å². The molecule has 0 aliphatic carbocycles. The molecule has 0 radical (unpaired) electrons. The summed E-state index contributed by atoms with van der Waals surface area (Å²) in [6.45, 7) is 6.87. The minimum absolute atomic E-state index is 0.258. The molecule has 1 aromatic carbocycles. The summed E-state index contributed by atoms with van der Waals surface area (Å²) in [5, 5.41) is 8.43. The third-order valence-electron chi connectivity index (χ3n) is 6.64. The highest BCUT2D eigenvalue weighted by Crippen LogP contribution is 2.33. The molecule has 0 spiro atoms. The van der Waals surface area contributed by atoms with Crippen molar-refractivity contribution in [2.45, 2.75) is 71.5 Å². The van der Waals surface area contributed by atoms with Gasteiger partial charge in [0.2, 0.25) is 5.91 Å². The van der Waals surface area contributed by atoms with E-state index in [0.717, 1.165) is 35.5 Å². The third kappa shape index (κ3) is 3.72. The van der Waals surface area contributed by atoms with Gasteiger partial charge in [-0.15, -0.1) is 0 Å². The Balaban J connectivity index is 1.45. The van der Waals surface area contributed by atoms with E-state index in [1.54, 1.807) is 0 Å². The monoisotopic (exact) mass is 380 g/mol. The Labute approximate surface area is 168 Å². The molecule has 28 heavy (non-hydrogen) atoms. The summed E-state index contributed by atoms with van der Waals surface area (Å²) >= 11 is 0. The van der Waals surface area contributed by atoms with Crippen LogP contribution in [0.2, 0.25) is 0 Å². The number of aromatic nitrogens is 2. The van der Waals surface area contributed by atoms with Crippen molar-refractivity contribution in [1.29, 1.82) is 0 Å². The van der Waals surface area contributed by atoms with E-state index >= 15 is 0 Å². The van der Waals surface area contributed by atoms with Gasteiger partial charge in [0.05, 0.1) is 11.4 Å². The number of aryl methyl sites for hydroxylation is 2. The largest absolute Gasteiger partial charge is 0.341 e. The molecule has 2 saturated heterocycles. The van der Waals surface area contributed by atoms with Crippen molar-refractivity contribution in [2.24, 2.45) is 5.92 Å². The van der Waals surface area contributed by atoms with Crippen LogP contribution in [-0.4, -0.2) is 39.7 Å². The molecule has 3 heterocycles. The number of carbonyl (C=O) groups excluding carboxylic acids is 1. The molecule has 2 aliphatic rings. The summed E-state index contributed by atoms with van der Waals surface area (Å²) in [4.78, 5) is 14.8. The van der Waals surface area contributed by atoms with Crippen molar-refractivity contribution in [1.82, 2.24) is 20.0 Å². The van der Waals surface area contributed by atoms with Gasteiger partial charge in [-0.1, -0.05) is 18.2 Å². The highest BCUT2D eigenvalue weighted by Gasteiger charge is 2.34. The first kappa shape index (κ1) is 19.2. The van der Waals surface area contributed by atoms with Gasteiger partial charge in [-0.25, -0.2) is 4.68 Å². The van der Waals surface area contributed by atoms with E-state index < -0.39 is 0 Å². The summed E-state index contributed by atoms with van der Waals surface area (Å²) in [6.07, 6.45) is 5.54. The molecule has 150 valence electrons. The molecule has 2 bridgehead atoms. The van der Waals surface area contributed by atoms with Crippen molar-refractivity contribution in [2.75, 3.05) is 7.05 Å². The topological polar surface area (TPSA) is 50.2 Å². The second kappa shape index (κ2) is 7.70. The molecule has 1 aromatic heterocycles. The van der Waals surface area contributed by atoms with Crippen LogP contribution >= 0.6 is 0 Å². The van der Waals surface area contributed by atoms with Crippen LogP contribution in [0.1, 0.15) is 54.6 Å². The summed E-state index contributed by atoms with van der Waals surface area (Å²) in [6, 6.07) is 9.56. The van der Waals surface area contributed by atoms with Gasteiger partial charge in [0.25, 0.3) is 0 Å². The summed E-state index contributed by atoms with van der Waals surface area (Å²) in [5.74, 6) is 0.791. The Morgan fingerprint density at radius 2 is 1.86 bits per heavy atom. The molecule has 5 heteroatoms. The van der Waals surface area contributed by atoms with Crippen molar-refractivity contribution >= 4 is 5.91 Å². The first-order valence-corrected chi connectivity index (χ1v) is 10.5. The van der Waals surface area contributed by atoms with E-state index in [-0.39, 0.29) is 5.91 Å². The standard InChI is InChI=1S/C23H32N4O/c1-15-7-5-6-8-22(15)27-17(3)21(16(2)25-27)14-26(4)23(28)13-18-11-19-9-10-20(12-18)24-19/h5-8,18-20,24H,9-14H2,1-4H3. The lowest BCUT2D eigenvalue weighted by molar-refractivity contribution is -0.131. The first-order valence-electron chi connectivity index (χ1n) is 10.5. The Hall–Kier alpha value is -2.14. The van der Waals surface area contributed by atoms with Crippen LogP contribution in [0.4, 0.5) is 0 Å². The number of fused-ring (bicyclic) bond motifs is 2. The van der Waals surface area contributed by atoms with Crippen LogP contribution in [0.3, 0.4) is 0 Å². The Bertz CT molecular complexity index is 859. The first-order chi connectivity index (χ1) is 13.4. The second-order valence-electron chi connectivity index (χ2n) is 8.78. The van der Waals surface area contributed by atoms with Gasteiger partial charge in [-0.3, -0.25) is 4.79 Å². The second-order valence-corrected chi connectivity index (χ2v) is 8.78. The SMILES string of the molecule is Cc1ccccc1-n1nc(C)c(CN(C)C(=O)CC2CC3CCC(C2)N3)c1C. The number of para-hydroxylation sites is 1. The Morgan fingerprint density at radius 1 is 1.18 bits per heavy atom. The minimum atomic E-state index is 0.258. The zero-order chi connectivity index (χ0) is 19.8. The van der Waals surface area contributed by atoms with Gasteiger partial charge < -0.3 is 10.2 Å². The fraction of sp³-hybridized carbons (Fsp3) is 0.565. The lowest BCUT2D eigenvalue weighted by Gasteiger charge is -2.30. The van der Waals surface area contributed by atoms with E-state index in [1.807, 2.05) is 35.7 Å². The van der Waals surface area contributed by atoms with Crippen LogP contribution in [0, 0.1) is 26.7 Å². The molecule has 2 aliphatic heterocycles. The number of rotatable bonds is 5. The smallest absolute Gasteiger partial charge is 0.222 e. The van der Waals surface area contributed by atoms with Crippen LogP contribution in [0.15, 0.2) is 24.3 Å². The van der Waals surface area contributed by atoms with E-state index in [1.165, 1.54) is 18.4 Å². The van der Waals surface area contributed by atoms with E-state index in [0.29, 0.717) is 31.0 Å². The van der Waals surface area contributed by atoms with Gasteiger partial charge >= 0.3 is 0 Å². The predicted octanol–water partition coefficient (Wildman–Crippen LogP) is 3.68. The number of amides is 1. The zero-order valence-electron chi connectivity index (χ0n) is 17.5. The number of carbonyl (C=O) groups is 1. The number of benzene rings is 1. The Kier molecular flexibility index (Phi) is 5.28. The van der Waals surface area contributed by atoms with Crippen LogP contribution < -0.4 is 5.32 Å². The van der Waals surface area contributed by atoms with Crippen molar-refractivity contribution in [3.63, 3.8) is 0 Å². The van der Waals surface area contributed by atoms with Gasteiger partial charge in [-0.2, -0.15) is 5.10 Å². The maximum atomic E-state index is 12.9. The zero-order valence-corrected chi connectivity index (χ0v) is 17.5. The number of piperidine rings is 1. The molecular weight excluding hydrogens is 348 g/mol. The average Bonchev–Trinajstić information content (AvgIpc) is 3.15. The minimum Gasteiger partial charge on any atom is -0.341 e. The lowest BCUT2D eigenvalue weighted by atomic mass is 9.89. The lowest BCUT2D eigenvalue weighted by Crippen LogP contribution is -2.40. The van der Waals surface area contributed by atoms with Gasteiger partial charge in [0.1, 0.15) is 0 Å².